The predicted octanol–water partition coefficient (Wildman–Crippen LogP) is 3.68. The molecular weight excluding hydrogens is 267 g/mol. The van der Waals surface area contributed by atoms with Crippen LogP contribution in [0.5, 0.6) is 0 Å². The summed E-state index contributed by atoms with van der Waals surface area (Å²) in [5, 5.41) is 0. The summed E-state index contributed by atoms with van der Waals surface area (Å²) < 4.78 is 40.7. The molecule has 1 saturated carbocycles. The molecule has 0 bridgehead atoms. The van der Waals surface area contributed by atoms with Crippen molar-refractivity contribution < 1.29 is 13.2 Å². The van der Waals surface area contributed by atoms with E-state index in [-0.39, 0.29) is 5.92 Å². The van der Waals surface area contributed by atoms with Crippen LogP contribution in [-0.2, 0) is 12.7 Å². The number of nitrogens with zero attached hydrogens (tertiary/aromatic N) is 2. The van der Waals surface area contributed by atoms with Crippen LogP contribution in [0.2, 0.25) is 0 Å². The van der Waals surface area contributed by atoms with Gasteiger partial charge in [-0.15, -0.1) is 0 Å². The maximum absolute atomic E-state index is 13.1. The molecule has 1 aromatic heterocycles. The highest BCUT2D eigenvalue weighted by atomic mass is 19.4. The molecule has 0 radical (unpaired) electrons. The van der Waals surface area contributed by atoms with Gasteiger partial charge < -0.3 is 10.3 Å². The van der Waals surface area contributed by atoms with Gasteiger partial charge in [0.05, 0.1) is 11.0 Å². The Labute approximate surface area is 114 Å². The number of nitrogen functional groups attached to an aromatic ring is 1. The average molecular weight is 283 g/mol. The maximum atomic E-state index is 13.1. The van der Waals surface area contributed by atoms with Crippen molar-refractivity contribution in [2.75, 3.05) is 5.73 Å². The lowest BCUT2D eigenvalue weighted by atomic mass is 10.1. The number of rotatable bonds is 3. The number of halogens is 3. The minimum Gasteiger partial charge on any atom is -0.399 e. The zero-order chi connectivity index (χ0) is 14.5. The van der Waals surface area contributed by atoms with Gasteiger partial charge >= 0.3 is 6.18 Å². The molecule has 6 heteroatoms. The highest BCUT2D eigenvalue weighted by Crippen LogP contribution is 2.39. The fourth-order valence-corrected chi connectivity index (χ4v) is 2.65. The van der Waals surface area contributed by atoms with Crippen molar-refractivity contribution in [3.8, 4) is 0 Å². The molecule has 0 aliphatic heterocycles. The van der Waals surface area contributed by atoms with E-state index in [1.165, 1.54) is 10.6 Å². The van der Waals surface area contributed by atoms with E-state index in [0.29, 0.717) is 29.2 Å². The lowest BCUT2D eigenvalue weighted by molar-refractivity contribution is -0.147. The lowest BCUT2D eigenvalue weighted by Gasteiger charge is -2.16. The first-order valence-corrected chi connectivity index (χ1v) is 6.69. The third-order valence-corrected chi connectivity index (χ3v) is 3.92. The molecular formula is C14H16F3N3. The molecule has 1 aromatic carbocycles. The van der Waals surface area contributed by atoms with Crippen molar-refractivity contribution in [1.29, 1.82) is 0 Å². The van der Waals surface area contributed by atoms with Gasteiger partial charge in [0.15, 0.2) is 0 Å². The van der Waals surface area contributed by atoms with Crippen LogP contribution in [0.25, 0.3) is 11.0 Å². The van der Waals surface area contributed by atoms with E-state index in [2.05, 4.69) is 4.98 Å². The number of benzene rings is 1. The van der Waals surface area contributed by atoms with E-state index in [4.69, 9.17) is 5.73 Å². The molecule has 20 heavy (non-hydrogen) atoms. The molecule has 108 valence electrons. The molecule has 1 atom stereocenters. The van der Waals surface area contributed by atoms with Crippen LogP contribution in [-0.4, -0.2) is 9.55 Å². The van der Waals surface area contributed by atoms with Crippen molar-refractivity contribution in [2.24, 2.45) is 11.8 Å². The molecule has 3 rings (SSSR count). The summed E-state index contributed by atoms with van der Waals surface area (Å²) in [6.07, 6.45) is -2.22. The Kier molecular flexibility index (Phi) is 2.92. The van der Waals surface area contributed by atoms with Crippen molar-refractivity contribution in [2.45, 2.75) is 32.5 Å². The van der Waals surface area contributed by atoms with Gasteiger partial charge in [-0.25, -0.2) is 4.98 Å². The molecule has 1 heterocycles. The Morgan fingerprint density at radius 3 is 2.70 bits per heavy atom. The van der Waals surface area contributed by atoms with Crippen LogP contribution in [0.1, 0.15) is 25.6 Å². The molecule has 2 N–H and O–H groups in total. The van der Waals surface area contributed by atoms with E-state index in [0.717, 1.165) is 12.8 Å². The van der Waals surface area contributed by atoms with E-state index >= 15 is 0 Å². The standard InChI is InChI=1S/C14H16F3N3/c1-8(9-2-3-9)7-20-12-5-4-10(18)6-11(12)19-13(20)14(15,16)17/h4-6,8-9H,2-3,7,18H2,1H3. The van der Waals surface area contributed by atoms with Crippen LogP contribution >= 0.6 is 0 Å². The number of aromatic nitrogens is 2. The Morgan fingerprint density at radius 2 is 2.10 bits per heavy atom. The summed E-state index contributed by atoms with van der Waals surface area (Å²) in [4.78, 5) is 3.74. The fourth-order valence-electron chi connectivity index (χ4n) is 2.65. The SMILES string of the molecule is CC(Cn1c(C(F)(F)F)nc2cc(N)ccc21)C1CC1. The Hall–Kier alpha value is -1.72. The molecule has 2 aromatic rings. The van der Waals surface area contributed by atoms with Crippen LogP contribution in [0, 0.1) is 11.8 Å². The molecule has 3 nitrogen and oxygen atoms in total. The van der Waals surface area contributed by atoms with Gasteiger partial charge in [0.2, 0.25) is 5.82 Å². The quantitative estimate of drug-likeness (QED) is 0.873. The van der Waals surface area contributed by atoms with Crippen LogP contribution in [0.4, 0.5) is 18.9 Å². The lowest BCUT2D eigenvalue weighted by Crippen LogP contribution is -2.18. The van der Waals surface area contributed by atoms with Gasteiger partial charge in [-0.05, 0) is 42.9 Å². The van der Waals surface area contributed by atoms with Gasteiger partial charge in [-0.3, -0.25) is 0 Å². The highest BCUT2D eigenvalue weighted by Gasteiger charge is 2.39. The van der Waals surface area contributed by atoms with E-state index in [1.54, 1.807) is 12.1 Å². The summed E-state index contributed by atoms with van der Waals surface area (Å²) in [6, 6.07) is 4.72. The second-order valence-corrected chi connectivity index (χ2v) is 5.61. The predicted molar refractivity (Wildman–Crippen MR) is 71.0 cm³/mol. The fraction of sp³-hybridized carbons (Fsp3) is 0.500. The van der Waals surface area contributed by atoms with Gasteiger partial charge in [-0.1, -0.05) is 6.92 Å². The zero-order valence-electron chi connectivity index (χ0n) is 11.1. The van der Waals surface area contributed by atoms with Gasteiger partial charge in [0.25, 0.3) is 0 Å². The van der Waals surface area contributed by atoms with Crippen molar-refractivity contribution in [3.05, 3.63) is 24.0 Å². The van der Waals surface area contributed by atoms with Gasteiger partial charge in [-0.2, -0.15) is 13.2 Å². The smallest absolute Gasteiger partial charge is 0.399 e. The molecule has 1 fully saturated rings. The molecule has 1 aliphatic carbocycles. The van der Waals surface area contributed by atoms with Crippen LogP contribution in [0.15, 0.2) is 18.2 Å². The Bertz CT molecular complexity index is 641. The first-order chi connectivity index (χ1) is 9.36. The summed E-state index contributed by atoms with van der Waals surface area (Å²) in [5.74, 6) is -0.0565. The molecule has 1 aliphatic rings. The monoisotopic (exact) mass is 283 g/mol. The van der Waals surface area contributed by atoms with E-state index in [1.807, 2.05) is 6.92 Å². The topological polar surface area (TPSA) is 43.8 Å². The maximum Gasteiger partial charge on any atom is 0.449 e. The number of imidazole rings is 1. The minimum atomic E-state index is -4.45. The minimum absolute atomic E-state index is 0.228. The third kappa shape index (κ3) is 2.34. The first-order valence-electron chi connectivity index (χ1n) is 6.69. The van der Waals surface area contributed by atoms with Crippen molar-refractivity contribution in [1.82, 2.24) is 9.55 Å². The average Bonchev–Trinajstić information content (AvgIpc) is 3.12. The van der Waals surface area contributed by atoms with E-state index < -0.39 is 12.0 Å². The molecule has 1 unspecified atom stereocenters. The highest BCUT2D eigenvalue weighted by molar-refractivity contribution is 5.79. The normalized spacial score (nSPS) is 17.6. The Morgan fingerprint density at radius 1 is 1.40 bits per heavy atom. The number of hydrogen-bond acceptors (Lipinski definition) is 2. The third-order valence-electron chi connectivity index (χ3n) is 3.92. The van der Waals surface area contributed by atoms with Gasteiger partial charge in [0, 0.05) is 12.2 Å². The number of anilines is 1. The largest absolute Gasteiger partial charge is 0.449 e. The number of nitrogens with two attached hydrogens (primary N) is 1. The molecule has 0 spiro atoms. The molecule has 0 amide bonds. The number of fused-ring (bicyclic) bond motifs is 1. The summed E-state index contributed by atoms with van der Waals surface area (Å²) in [6.45, 7) is 2.35. The van der Waals surface area contributed by atoms with Crippen LogP contribution in [0.3, 0.4) is 0 Å². The number of hydrogen-bond donors (Lipinski definition) is 1. The summed E-state index contributed by atoms with van der Waals surface area (Å²) >= 11 is 0. The summed E-state index contributed by atoms with van der Waals surface area (Å²) in [7, 11) is 0. The molecule has 0 saturated heterocycles. The van der Waals surface area contributed by atoms with Crippen molar-refractivity contribution in [3.63, 3.8) is 0 Å². The second-order valence-electron chi connectivity index (χ2n) is 5.61. The van der Waals surface area contributed by atoms with E-state index in [9.17, 15) is 13.2 Å². The summed E-state index contributed by atoms with van der Waals surface area (Å²) in [5.41, 5.74) is 6.85. The first kappa shape index (κ1) is 13.3. The Balaban J connectivity index is 2.09. The second kappa shape index (κ2) is 4.40. The number of alkyl halides is 3. The van der Waals surface area contributed by atoms with Crippen LogP contribution < -0.4 is 5.73 Å². The van der Waals surface area contributed by atoms with Crippen molar-refractivity contribution >= 4 is 16.7 Å². The zero-order valence-corrected chi connectivity index (χ0v) is 11.1. The van der Waals surface area contributed by atoms with Gasteiger partial charge in [0.1, 0.15) is 0 Å².